The van der Waals surface area contributed by atoms with Crippen molar-refractivity contribution in [2.24, 2.45) is 0 Å². The average Bonchev–Trinajstić information content (AvgIpc) is 2.93. The van der Waals surface area contributed by atoms with E-state index >= 15 is 0 Å². The van der Waals surface area contributed by atoms with E-state index in [4.69, 9.17) is 0 Å². The van der Waals surface area contributed by atoms with Crippen LogP contribution in [0.15, 0.2) is 18.2 Å². The summed E-state index contributed by atoms with van der Waals surface area (Å²) < 4.78 is 0. The summed E-state index contributed by atoms with van der Waals surface area (Å²) in [5, 5.41) is 3.44. The first-order valence-corrected chi connectivity index (χ1v) is 7.95. The molecule has 1 aromatic rings. The number of rotatable bonds is 4. The maximum absolute atomic E-state index is 3.44. The molecule has 20 heavy (non-hydrogen) atoms. The van der Waals surface area contributed by atoms with E-state index in [0.29, 0.717) is 6.04 Å². The van der Waals surface area contributed by atoms with Gasteiger partial charge in [0.2, 0.25) is 0 Å². The maximum Gasteiger partial charge on any atom is 0.0469 e. The van der Waals surface area contributed by atoms with Crippen molar-refractivity contribution in [3.8, 4) is 0 Å². The Labute approximate surface area is 123 Å². The molecule has 0 radical (unpaired) electrons. The fourth-order valence-corrected chi connectivity index (χ4v) is 3.50. The molecule has 110 valence electrons. The lowest BCUT2D eigenvalue weighted by atomic mass is 10.00. The predicted molar refractivity (Wildman–Crippen MR) is 84.2 cm³/mol. The van der Waals surface area contributed by atoms with Gasteiger partial charge in [0.25, 0.3) is 0 Å². The zero-order valence-electron chi connectivity index (χ0n) is 12.9. The van der Waals surface area contributed by atoms with Gasteiger partial charge in [0.1, 0.15) is 0 Å². The fraction of sp³-hybridized carbons (Fsp3) is 0.647. The van der Waals surface area contributed by atoms with Crippen LogP contribution >= 0.6 is 0 Å². The first-order chi connectivity index (χ1) is 9.74. The van der Waals surface area contributed by atoms with Gasteiger partial charge in [-0.05, 0) is 50.0 Å². The number of aryl methyl sites for hydroxylation is 2. The van der Waals surface area contributed by atoms with Crippen molar-refractivity contribution < 1.29 is 0 Å². The van der Waals surface area contributed by atoms with Gasteiger partial charge in [0.15, 0.2) is 0 Å². The molecule has 2 aliphatic rings. The summed E-state index contributed by atoms with van der Waals surface area (Å²) in [6, 6.07) is 7.71. The van der Waals surface area contributed by atoms with Crippen LogP contribution in [0.1, 0.15) is 29.2 Å². The highest BCUT2D eigenvalue weighted by atomic mass is 15.2. The molecule has 1 saturated heterocycles. The summed E-state index contributed by atoms with van der Waals surface area (Å²) in [7, 11) is 4.42. The largest absolute Gasteiger partial charge is 0.314 e. The van der Waals surface area contributed by atoms with Crippen LogP contribution in [0.3, 0.4) is 0 Å². The smallest absolute Gasteiger partial charge is 0.0469 e. The van der Waals surface area contributed by atoms with E-state index < -0.39 is 0 Å². The third-order valence-electron chi connectivity index (χ3n) is 4.77. The Hall–Kier alpha value is -0.900. The van der Waals surface area contributed by atoms with Crippen LogP contribution in [0, 0.1) is 0 Å². The molecule has 0 aromatic heterocycles. The van der Waals surface area contributed by atoms with Crippen LogP contribution in [0.5, 0.6) is 0 Å². The van der Waals surface area contributed by atoms with Crippen molar-refractivity contribution in [1.82, 2.24) is 15.1 Å². The second kappa shape index (κ2) is 6.25. The Balaban J connectivity index is 1.75. The summed E-state index contributed by atoms with van der Waals surface area (Å²) >= 11 is 0. The quantitative estimate of drug-likeness (QED) is 0.900. The number of fused-ring (bicyclic) bond motifs is 1. The highest BCUT2D eigenvalue weighted by Crippen LogP contribution is 2.27. The van der Waals surface area contributed by atoms with Crippen LogP contribution in [-0.2, 0) is 12.8 Å². The molecule has 1 aliphatic carbocycles. The highest BCUT2D eigenvalue weighted by Gasteiger charge is 2.21. The molecule has 1 heterocycles. The topological polar surface area (TPSA) is 18.5 Å². The molecule has 3 rings (SSSR count). The SMILES string of the molecule is CN(C)C(CN1CCNCC1)c1ccc2c(c1)CCC2. The third-order valence-corrected chi connectivity index (χ3v) is 4.77. The van der Waals surface area contributed by atoms with Crippen LogP contribution in [-0.4, -0.2) is 56.6 Å². The monoisotopic (exact) mass is 273 g/mol. The average molecular weight is 273 g/mol. The van der Waals surface area contributed by atoms with E-state index in [1.54, 1.807) is 11.1 Å². The Morgan fingerprint density at radius 3 is 2.65 bits per heavy atom. The lowest BCUT2D eigenvalue weighted by Crippen LogP contribution is -2.46. The van der Waals surface area contributed by atoms with Crippen LogP contribution in [0.4, 0.5) is 0 Å². The zero-order chi connectivity index (χ0) is 13.9. The predicted octanol–water partition coefficient (Wildman–Crippen LogP) is 1.68. The third kappa shape index (κ3) is 3.05. The van der Waals surface area contributed by atoms with Gasteiger partial charge in [-0.2, -0.15) is 0 Å². The summed E-state index contributed by atoms with van der Waals surface area (Å²) in [5.41, 5.74) is 4.66. The van der Waals surface area contributed by atoms with Crippen molar-refractivity contribution >= 4 is 0 Å². The molecule has 3 heteroatoms. The van der Waals surface area contributed by atoms with Crippen LogP contribution in [0.2, 0.25) is 0 Å². The van der Waals surface area contributed by atoms with Crippen molar-refractivity contribution in [2.75, 3.05) is 46.8 Å². The normalized spacial score (nSPS) is 21.1. The number of nitrogens with zero attached hydrogens (tertiary/aromatic N) is 2. The molecule has 1 fully saturated rings. The Bertz CT molecular complexity index is 450. The maximum atomic E-state index is 3.44. The number of piperazine rings is 1. The molecule has 0 spiro atoms. The van der Waals surface area contributed by atoms with E-state index in [1.807, 2.05) is 0 Å². The second-order valence-electron chi connectivity index (χ2n) is 6.41. The zero-order valence-corrected chi connectivity index (χ0v) is 12.9. The van der Waals surface area contributed by atoms with Crippen LogP contribution < -0.4 is 5.32 Å². The van der Waals surface area contributed by atoms with Crippen molar-refractivity contribution in [3.05, 3.63) is 34.9 Å². The fourth-order valence-electron chi connectivity index (χ4n) is 3.50. The van der Waals surface area contributed by atoms with Gasteiger partial charge in [-0.25, -0.2) is 0 Å². The number of hydrogen-bond acceptors (Lipinski definition) is 3. The minimum atomic E-state index is 0.513. The number of nitrogens with one attached hydrogen (secondary N) is 1. The van der Waals surface area contributed by atoms with E-state index in [1.165, 1.54) is 37.9 Å². The van der Waals surface area contributed by atoms with Gasteiger partial charge in [0, 0.05) is 38.8 Å². The lowest BCUT2D eigenvalue weighted by Gasteiger charge is -2.34. The van der Waals surface area contributed by atoms with Gasteiger partial charge in [-0.1, -0.05) is 18.2 Å². The minimum absolute atomic E-state index is 0.513. The molecule has 1 aliphatic heterocycles. The number of benzene rings is 1. The molecule has 1 atom stereocenters. The van der Waals surface area contributed by atoms with Crippen molar-refractivity contribution in [1.29, 1.82) is 0 Å². The van der Waals surface area contributed by atoms with E-state index in [0.717, 1.165) is 19.6 Å². The van der Waals surface area contributed by atoms with Gasteiger partial charge in [0.05, 0.1) is 0 Å². The Morgan fingerprint density at radius 2 is 1.90 bits per heavy atom. The molecule has 0 amide bonds. The highest BCUT2D eigenvalue weighted by molar-refractivity contribution is 5.36. The van der Waals surface area contributed by atoms with Crippen LogP contribution in [0.25, 0.3) is 0 Å². The summed E-state index contributed by atoms with van der Waals surface area (Å²) in [6.45, 7) is 5.76. The van der Waals surface area contributed by atoms with Gasteiger partial charge in [-0.15, -0.1) is 0 Å². The van der Waals surface area contributed by atoms with Gasteiger partial charge >= 0.3 is 0 Å². The molecule has 1 aromatic carbocycles. The Morgan fingerprint density at radius 1 is 1.15 bits per heavy atom. The van der Waals surface area contributed by atoms with Crippen molar-refractivity contribution in [3.63, 3.8) is 0 Å². The van der Waals surface area contributed by atoms with Gasteiger partial charge < -0.3 is 10.2 Å². The first kappa shape index (κ1) is 14.1. The molecular formula is C17H27N3. The lowest BCUT2D eigenvalue weighted by molar-refractivity contribution is 0.168. The standard InChI is InChI=1S/C17H27N3/c1-19(2)17(13-20-10-8-18-9-11-20)16-7-6-14-4-3-5-15(14)12-16/h6-7,12,17-18H,3-5,8-11,13H2,1-2H3. The minimum Gasteiger partial charge on any atom is -0.314 e. The van der Waals surface area contributed by atoms with E-state index in [2.05, 4.69) is 47.4 Å². The summed E-state index contributed by atoms with van der Waals surface area (Å²) in [5.74, 6) is 0. The molecule has 1 unspecified atom stereocenters. The first-order valence-electron chi connectivity index (χ1n) is 7.95. The molecule has 0 bridgehead atoms. The molecule has 3 nitrogen and oxygen atoms in total. The molecular weight excluding hydrogens is 246 g/mol. The number of likely N-dealkylation sites (N-methyl/N-ethyl adjacent to an activating group) is 1. The molecule has 0 saturated carbocycles. The van der Waals surface area contributed by atoms with Crippen molar-refractivity contribution in [2.45, 2.75) is 25.3 Å². The Kier molecular flexibility index (Phi) is 4.39. The second-order valence-corrected chi connectivity index (χ2v) is 6.41. The van der Waals surface area contributed by atoms with E-state index in [9.17, 15) is 0 Å². The number of hydrogen-bond donors (Lipinski definition) is 1. The summed E-state index contributed by atoms with van der Waals surface area (Å²) in [6.07, 6.45) is 3.89. The van der Waals surface area contributed by atoms with Gasteiger partial charge in [-0.3, -0.25) is 4.90 Å². The molecule has 1 N–H and O–H groups in total. The van der Waals surface area contributed by atoms with E-state index in [-0.39, 0.29) is 0 Å². The summed E-state index contributed by atoms with van der Waals surface area (Å²) in [4.78, 5) is 4.97.